The van der Waals surface area contributed by atoms with Crippen LogP contribution in [0.25, 0.3) is 0 Å². The molecular formula is C16H32N2O. The van der Waals surface area contributed by atoms with E-state index in [0.717, 1.165) is 44.6 Å². The highest BCUT2D eigenvalue weighted by molar-refractivity contribution is 4.92. The number of nitrogens with one attached hydrogen (secondary N) is 1. The van der Waals surface area contributed by atoms with Crippen molar-refractivity contribution in [2.45, 2.75) is 71.1 Å². The zero-order valence-electron chi connectivity index (χ0n) is 13.0. The summed E-state index contributed by atoms with van der Waals surface area (Å²) in [5.74, 6) is 0.933. The maximum Gasteiger partial charge on any atom is 0.0700 e. The Bertz CT molecular complexity index is 259. The number of ether oxygens (including phenoxy) is 1. The van der Waals surface area contributed by atoms with E-state index >= 15 is 0 Å². The third kappa shape index (κ3) is 3.93. The van der Waals surface area contributed by atoms with Crippen LogP contribution in [0.2, 0.25) is 0 Å². The number of rotatable bonds is 5. The van der Waals surface area contributed by atoms with Crippen molar-refractivity contribution in [1.82, 2.24) is 10.2 Å². The van der Waals surface area contributed by atoms with Crippen molar-refractivity contribution >= 4 is 0 Å². The van der Waals surface area contributed by atoms with E-state index in [9.17, 15) is 0 Å². The zero-order chi connectivity index (χ0) is 13.7. The molecule has 4 unspecified atom stereocenters. The Labute approximate surface area is 119 Å². The Morgan fingerprint density at radius 3 is 2.68 bits per heavy atom. The maximum absolute atomic E-state index is 5.83. The van der Waals surface area contributed by atoms with Crippen LogP contribution >= 0.6 is 0 Å². The van der Waals surface area contributed by atoms with Gasteiger partial charge in [-0.3, -0.25) is 4.90 Å². The fraction of sp³-hybridized carbons (Fsp3) is 1.00. The molecule has 3 nitrogen and oxygen atoms in total. The molecule has 112 valence electrons. The zero-order valence-corrected chi connectivity index (χ0v) is 13.0. The van der Waals surface area contributed by atoms with Crippen LogP contribution in [0.5, 0.6) is 0 Å². The van der Waals surface area contributed by atoms with Gasteiger partial charge in [0.15, 0.2) is 0 Å². The first-order valence-corrected chi connectivity index (χ1v) is 8.37. The average Bonchev–Trinajstić information content (AvgIpc) is 2.48. The molecule has 0 aromatic rings. The van der Waals surface area contributed by atoms with E-state index in [1.54, 1.807) is 0 Å². The van der Waals surface area contributed by atoms with Crippen molar-refractivity contribution in [1.29, 1.82) is 0 Å². The van der Waals surface area contributed by atoms with Crippen LogP contribution in [0.4, 0.5) is 0 Å². The Kier molecular flexibility index (Phi) is 6.11. The number of likely N-dealkylation sites (N-methyl/N-ethyl adjacent to an activating group) is 1. The summed E-state index contributed by atoms with van der Waals surface area (Å²) in [5, 5.41) is 3.73. The first-order valence-electron chi connectivity index (χ1n) is 8.37. The molecule has 0 spiro atoms. The number of hydrogen-bond donors (Lipinski definition) is 1. The molecule has 2 aliphatic rings. The smallest absolute Gasteiger partial charge is 0.0700 e. The maximum atomic E-state index is 5.83. The van der Waals surface area contributed by atoms with E-state index < -0.39 is 0 Å². The lowest BCUT2D eigenvalue weighted by Gasteiger charge is -2.46. The minimum atomic E-state index is 0.457. The van der Waals surface area contributed by atoms with Gasteiger partial charge in [0.1, 0.15) is 0 Å². The van der Waals surface area contributed by atoms with Gasteiger partial charge in [-0.25, -0.2) is 0 Å². The second-order valence-corrected chi connectivity index (χ2v) is 6.21. The van der Waals surface area contributed by atoms with E-state index in [4.69, 9.17) is 4.74 Å². The second kappa shape index (κ2) is 7.61. The van der Waals surface area contributed by atoms with E-state index in [-0.39, 0.29) is 0 Å². The summed E-state index contributed by atoms with van der Waals surface area (Å²) in [6.45, 7) is 11.1. The van der Waals surface area contributed by atoms with Crippen LogP contribution in [-0.4, -0.2) is 49.3 Å². The average molecular weight is 268 g/mol. The van der Waals surface area contributed by atoms with Crippen molar-refractivity contribution in [3.8, 4) is 0 Å². The van der Waals surface area contributed by atoms with Gasteiger partial charge in [0.05, 0.1) is 12.7 Å². The van der Waals surface area contributed by atoms with Crippen molar-refractivity contribution in [2.75, 3.05) is 26.2 Å². The molecule has 0 bridgehead atoms. The number of morpholine rings is 1. The van der Waals surface area contributed by atoms with Gasteiger partial charge in [-0.15, -0.1) is 0 Å². The standard InChI is InChI=1S/C16H32N2O/c1-4-13-7-8-15(17-6-3)16(11-13)18-9-10-19-14(5-2)12-18/h13-17H,4-12H2,1-3H3. The lowest BCUT2D eigenvalue weighted by atomic mass is 9.80. The molecule has 0 aromatic heterocycles. The van der Waals surface area contributed by atoms with Crippen molar-refractivity contribution in [2.24, 2.45) is 5.92 Å². The van der Waals surface area contributed by atoms with E-state index in [2.05, 4.69) is 31.0 Å². The summed E-state index contributed by atoms with van der Waals surface area (Å²) >= 11 is 0. The molecule has 2 rings (SSSR count). The summed E-state index contributed by atoms with van der Waals surface area (Å²) in [7, 11) is 0. The molecule has 4 atom stereocenters. The molecule has 0 amide bonds. The van der Waals surface area contributed by atoms with Crippen molar-refractivity contribution in [3.63, 3.8) is 0 Å². The normalized spacial score (nSPS) is 37.4. The largest absolute Gasteiger partial charge is 0.376 e. The third-order valence-electron chi connectivity index (χ3n) is 5.06. The minimum Gasteiger partial charge on any atom is -0.376 e. The minimum absolute atomic E-state index is 0.457. The molecule has 1 heterocycles. The van der Waals surface area contributed by atoms with E-state index in [1.807, 2.05) is 0 Å². The molecule has 3 heteroatoms. The summed E-state index contributed by atoms with van der Waals surface area (Å²) in [6.07, 6.45) is 7.09. The monoisotopic (exact) mass is 268 g/mol. The van der Waals surface area contributed by atoms with Crippen LogP contribution in [0.15, 0.2) is 0 Å². The van der Waals surface area contributed by atoms with Gasteiger partial charge in [-0.2, -0.15) is 0 Å². The van der Waals surface area contributed by atoms with Crippen molar-refractivity contribution < 1.29 is 4.74 Å². The Morgan fingerprint density at radius 1 is 1.16 bits per heavy atom. The summed E-state index contributed by atoms with van der Waals surface area (Å²) < 4.78 is 5.83. The van der Waals surface area contributed by atoms with Gasteiger partial charge < -0.3 is 10.1 Å². The third-order valence-corrected chi connectivity index (χ3v) is 5.06. The van der Waals surface area contributed by atoms with Crippen LogP contribution in [0.1, 0.15) is 52.9 Å². The van der Waals surface area contributed by atoms with Crippen LogP contribution in [0.3, 0.4) is 0 Å². The predicted molar refractivity (Wildman–Crippen MR) is 80.5 cm³/mol. The topological polar surface area (TPSA) is 24.5 Å². The molecule has 19 heavy (non-hydrogen) atoms. The number of nitrogens with zero attached hydrogens (tertiary/aromatic N) is 1. The fourth-order valence-electron chi connectivity index (χ4n) is 3.80. The first kappa shape index (κ1) is 15.3. The predicted octanol–water partition coefficient (Wildman–Crippen LogP) is 2.65. The SMILES string of the molecule is CCNC1CCC(CC)CC1N1CCOC(CC)C1. The fourth-order valence-corrected chi connectivity index (χ4v) is 3.80. The molecule has 1 aliphatic heterocycles. The Morgan fingerprint density at radius 2 is 2.00 bits per heavy atom. The summed E-state index contributed by atoms with van der Waals surface area (Å²) in [6, 6.07) is 1.43. The molecular weight excluding hydrogens is 236 g/mol. The second-order valence-electron chi connectivity index (χ2n) is 6.21. The molecule has 2 fully saturated rings. The van der Waals surface area contributed by atoms with Gasteiger partial charge in [0, 0.05) is 25.2 Å². The van der Waals surface area contributed by atoms with Crippen LogP contribution in [-0.2, 0) is 4.74 Å². The Hall–Kier alpha value is -0.120. The van der Waals surface area contributed by atoms with Gasteiger partial charge in [0.2, 0.25) is 0 Å². The molecule has 0 aromatic carbocycles. The Balaban J connectivity index is 1.99. The summed E-state index contributed by atoms with van der Waals surface area (Å²) in [5.41, 5.74) is 0. The van der Waals surface area contributed by atoms with Crippen LogP contribution < -0.4 is 5.32 Å². The highest BCUT2D eigenvalue weighted by atomic mass is 16.5. The molecule has 1 N–H and O–H groups in total. The van der Waals surface area contributed by atoms with Crippen LogP contribution in [0, 0.1) is 5.92 Å². The van der Waals surface area contributed by atoms with E-state index in [1.165, 1.54) is 25.7 Å². The van der Waals surface area contributed by atoms with Gasteiger partial charge in [-0.05, 0) is 38.1 Å². The van der Waals surface area contributed by atoms with E-state index in [0.29, 0.717) is 12.1 Å². The highest BCUT2D eigenvalue weighted by Crippen LogP contribution is 2.31. The highest BCUT2D eigenvalue weighted by Gasteiger charge is 2.35. The van der Waals surface area contributed by atoms with Gasteiger partial charge >= 0.3 is 0 Å². The lowest BCUT2D eigenvalue weighted by molar-refractivity contribution is -0.0580. The molecule has 1 saturated heterocycles. The lowest BCUT2D eigenvalue weighted by Crippen LogP contribution is -2.57. The molecule has 1 saturated carbocycles. The van der Waals surface area contributed by atoms with Crippen molar-refractivity contribution in [3.05, 3.63) is 0 Å². The first-order chi connectivity index (χ1) is 9.28. The molecule has 0 radical (unpaired) electrons. The van der Waals surface area contributed by atoms with Gasteiger partial charge in [0.25, 0.3) is 0 Å². The number of hydrogen-bond acceptors (Lipinski definition) is 3. The molecule has 1 aliphatic carbocycles. The summed E-state index contributed by atoms with van der Waals surface area (Å²) in [4.78, 5) is 2.72. The van der Waals surface area contributed by atoms with Gasteiger partial charge in [-0.1, -0.05) is 27.2 Å². The quantitative estimate of drug-likeness (QED) is 0.829.